The van der Waals surface area contributed by atoms with E-state index in [2.05, 4.69) is 51.4 Å². The summed E-state index contributed by atoms with van der Waals surface area (Å²) in [5.41, 5.74) is 8.10. The number of aromatic hydroxyl groups is 1. The summed E-state index contributed by atoms with van der Waals surface area (Å²) in [5, 5.41) is 10.7. The van der Waals surface area contributed by atoms with Gasteiger partial charge in [-0.05, 0) is 63.1 Å². The Kier molecular flexibility index (Phi) is 4.11. The van der Waals surface area contributed by atoms with Crippen LogP contribution in [0.25, 0.3) is 22.6 Å². The van der Waals surface area contributed by atoms with Crippen molar-refractivity contribution >= 4 is 16.8 Å². The van der Waals surface area contributed by atoms with Crippen LogP contribution in [0.4, 0.5) is 5.69 Å². The highest BCUT2D eigenvalue weighted by atomic mass is 16.3. The van der Waals surface area contributed by atoms with Crippen LogP contribution >= 0.6 is 0 Å². The summed E-state index contributed by atoms with van der Waals surface area (Å²) in [5.74, 6) is 0.585. The van der Waals surface area contributed by atoms with E-state index in [0.717, 1.165) is 11.2 Å². The molecule has 3 aromatic rings. The average molecular weight is 374 g/mol. The molecule has 1 aliphatic rings. The van der Waals surface area contributed by atoms with Gasteiger partial charge >= 0.3 is 0 Å². The predicted molar refractivity (Wildman–Crippen MR) is 114 cm³/mol. The first-order valence-corrected chi connectivity index (χ1v) is 9.57. The summed E-state index contributed by atoms with van der Waals surface area (Å²) in [6, 6.07) is 13.3. The number of oxazole rings is 1. The predicted octanol–water partition coefficient (Wildman–Crippen LogP) is 6.63. The Labute approximate surface area is 165 Å². The molecule has 1 aliphatic heterocycles. The molecule has 2 aromatic carbocycles. The lowest BCUT2D eigenvalue weighted by Crippen LogP contribution is -2.32. The number of nitrogens with zero attached hydrogens (tertiary/aromatic N) is 2. The van der Waals surface area contributed by atoms with Gasteiger partial charge in [0.25, 0.3) is 0 Å². The highest BCUT2D eigenvalue weighted by Gasteiger charge is 2.33. The number of allylic oxidation sites excluding steroid dienone is 4. The zero-order chi connectivity index (χ0) is 20.2. The van der Waals surface area contributed by atoms with Gasteiger partial charge in [0.05, 0.1) is 5.56 Å². The molecule has 0 bridgehead atoms. The number of phenolic OH excluding ortho intramolecular Hbond substituents is 1. The number of hydrogen-bond donors (Lipinski definition) is 1. The first-order valence-electron chi connectivity index (χ1n) is 9.57. The van der Waals surface area contributed by atoms with E-state index in [9.17, 15) is 5.11 Å². The minimum Gasteiger partial charge on any atom is -0.507 e. The lowest BCUT2D eigenvalue weighted by molar-refractivity contribution is 0.474. The summed E-state index contributed by atoms with van der Waals surface area (Å²) in [4.78, 5) is 6.71. The van der Waals surface area contributed by atoms with Crippen molar-refractivity contribution in [1.82, 2.24) is 4.98 Å². The minimum absolute atomic E-state index is 0.0326. The fourth-order valence-electron chi connectivity index (χ4n) is 3.99. The first-order chi connectivity index (χ1) is 13.2. The summed E-state index contributed by atoms with van der Waals surface area (Å²) < 4.78 is 5.82. The van der Waals surface area contributed by atoms with Crippen molar-refractivity contribution in [1.29, 1.82) is 0 Å². The molecule has 144 valence electrons. The van der Waals surface area contributed by atoms with E-state index in [1.807, 2.05) is 36.4 Å². The van der Waals surface area contributed by atoms with Gasteiger partial charge in [0.2, 0.25) is 5.89 Å². The molecule has 0 fully saturated rings. The first kappa shape index (κ1) is 18.4. The van der Waals surface area contributed by atoms with Crippen molar-refractivity contribution in [3.8, 4) is 17.2 Å². The SMILES string of the molecule is CC1=C(C)C(C)(C)C(C)=C(C)N1c1ccc(-c2nc3ccccc3o2)c(O)c1. The quantitative estimate of drug-likeness (QED) is 0.546. The summed E-state index contributed by atoms with van der Waals surface area (Å²) in [6.07, 6.45) is 0. The molecule has 1 N–H and O–H groups in total. The van der Waals surface area contributed by atoms with Crippen LogP contribution in [-0.2, 0) is 0 Å². The Morgan fingerprint density at radius 3 is 2.18 bits per heavy atom. The van der Waals surface area contributed by atoms with Gasteiger partial charge in [-0.1, -0.05) is 26.0 Å². The topological polar surface area (TPSA) is 49.5 Å². The molecule has 2 heterocycles. The van der Waals surface area contributed by atoms with E-state index in [4.69, 9.17) is 4.42 Å². The molecule has 0 saturated heterocycles. The third-order valence-electron chi connectivity index (χ3n) is 6.40. The number of hydrogen-bond acceptors (Lipinski definition) is 4. The molecule has 28 heavy (non-hydrogen) atoms. The molecule has 0 spiro atoms. The molecule has 0 unspecified atom stereocenters. The van der Waals surface area contributed by atoms with Gasteiger partial charge in [0, 0.05) is 28.6 Å². The molecular weight excluding hydrogens is 348 g/mol. The van der Waals surface area contributed by atoms with Gasteiger partial charge in [-0.25, -0.2) is 4.98 Å². The van der Waals surface area contributed by atoms with Crippen molar-refractivity contribution in [2.45, 2.75) is 41.5 Å². The second kappa shape index (κ2) is 6.26. The van der Waals surface area contributed by atoms with Crippen molar-refractivity contribution in [3.05, 3.63) is 65.0 Å². The second-order valence-electron chi connectivity index (χ2n) is 8.07. The number of para-hydroxylation sites is 2. The Morgan fingerprint density at radius 2 is 1.57 bits per heavy atom. The lowest BCUT2D eigenvalue weighted by atomic mass is 9.74. The van der Waals surface area contributed by atoms with Crippen molar-refractivity contribution in [2.24, 2.45) is 5.41 Å². The molecule has 4 heteroatoms. The molecular formula is C24H26N2O2. The Hall–Kier alpha value is -3.01. The molecule has 0 saturated carbocycles. The number of phenols is 1. The third kappa shape index (κ3) is 2.63. The van der Waals surface area contributed by atoms with Gasteiger partial charge in [-0.3, -0.25) is 0 Å². The van der Waals surface area contributed by atoms with Crippen molar-refractivity contribution < 1.29 is 9.52 Å². The summed E-state index contributed by atoms with van der Waals surface area (Å²) in [7, 11) is 0. The molecule has 0 amide bonds. The van der Waals surface area contributed by atoms with Crippen LogP contribution in [0, 0.1) is 5.41 Å². The van der Waals surface area contributed by atoms with Crippen LogP contribution in [0.2, 0.25) is 0 Å². The van der Waals surface area contributed by atoms with E-state index in [-0.39, 0.29) is 11.2 Å². The van der Waals surface area contributed by atoms with Crippen LogP contribution in [-0.4, -0.2) is 10.1 Å². The smallest absolute Gasteiger partial charge is 0.231 e. The Balaban J connectivity index is 1.79. The fraction of sp³-hybridized carbons (Fsp3) is 0.292. The standard InChI is InChI=1S/C24H26N2O2/c1-14-16(3)26(17(4)15(2)24(14,5)6)18-11-12-19(21(27)13-18)23-25-20-9-7-8-10-22(20)28-23/h7-13,27H,1-6H3. The maximum absolute atomic E-state index is 10.7. The fourth-order valence-corrected chi connectivity index (χ4v) is 3.99. The molecule has 0 radical (unpaired) electrons. The molecule has 4 rings (SSSR count). The van der Waals surface area contributed by atoms with Crippen LogP contribution in [0.15, 0.2) is 69.4 Å². The van der Waals surface area contributed by atoms with E-state index in [0.29, 0.717) is 17.0 Å². The number of aromatic nitrogens is 1. The normalized spacial score (nSPS) is 17.0. The third-order valence-corrected chi connectivity index (χ3v) is 6.40. The molecule has 1 aromatic heterocycles. The Bertz CT molecular complexity index is 1090. The van der Waals surface area contributed by atoms with Crippen molar-refractivity contribution in [3.63, 3.8) is 0 Å². The van der Waals surface area contributed by atoms with E-state index >= 15 is 0 Å². The van der Waals surface area contributed by atoms with E-state index < -0.39 is 0 Å². The largest absolute Gasteiger partial charge is 0.507 e. The van der Waals surface area contributed by atoms with E-state index in [1.54, 1.807) is 6.07 Å². The molecule has 4 nitrogen and oxygen atoms in total. The number of anilines is 1. The van der Waals surface area contributed by atoms with Crippen LogP contribution in [0.5, 0.6) is 5.75 Å². The highest BCUT2D eigenvalue weighted by molar-refractivity contribution is 5.78. The Morgan fingerprint density at radius 1 is 0.929 bits per heavy atom. The zero-order valence-corrected chi connectivity index (χ0v) is 17.3. The summed E-state index contributed by atoms with van der Waals surface area (Å²) >= 11 is 0. The van der Waals surface area contributed by atoms with Gasteiger partial charge in [0.1, 0.15) is 11.3 Å². The number of benzene rings is 2. The van der Waals surface area contributed by atoms with Gasteiger partial charge in [-0.2, -0.15) is 0 Å². The van der Waals surface area contributed by atoms with Crippen LogP contribution in [0.1, 0.15) is 41.5 Å². The minimum atomic E-state index is 0.0326. The zero-order valence-electron chi connectivity index (χ0n) is 17.3. The van der Waals surface area contributed by atoms with Crippen LogP contribution < -0.4 is 4.90 Å². The van der Waals surface area contributed by atoms with Crippen molar-refractivity contribution in [2.75, 3.05) is 4.90 Å². The maximum atomic E-state index is 10.7. The van der Waals surface area contributed by atoms with E-state index in [1.165, 1.54) is 22.5 Å². The van der Waals surface area contributed by atoms with Gasteiger partial charge in [-0.15, -0.1) is 0 Å². The second-order valence-corrected chi connectivity index (χ2v) is 8.07. The van der Waals surface area contributed by atoms with Gasteiger partial charge in [0.15, 0.2) is 5.58 Å². The lowest BCUT2D eigenvalue weighted by Gasteiger charge is -2.42. The van der Waals surface area contributed by atoms with Gasteiger partial charge < -0.3 is 14.4 Å². The maximum Gasteiger partial charge on any atom is 0.231 e. The summed E-state index contributed by atoms with van der Waals surface area (Å²) in [6.45, 7) is 13.2. The number of fused-ring (bicyclic) bond motifs is 1. The monoisotopic (exact) mass is 374 g/mol. The van der Waals surface area contributed by atoms with Crippen LogP contribution in [0.3, 0.4) is 0 Å². The molecule has 0 aliphatic carbocycles. The molecule has 0 atom stereocenters. The number of rotatable bonds is 2. The average Bonchev–Trinajstić information content (AvgIpc) is 3.09. The highest BCUT2D eigenvalue weighted by Crippen LogP contribution is 2.46.